The Bertz CT molecular complexity index is 928. The molecule has 3 rings (SSSR count). The molecular formula is C22H24N2O5. The molecule has 0 saturated heterocycles. The molecule has 0 atom stereocenters. The summed E-state index contributed by atoms with van der Waals surface area (Å²) in [5.74, 6) is 2.74. The molecule has 29 heavy (non-hydrogen) atoms. The number of amides is 1. The van der Waals surface area contributed by atoms with Gasteiger partial charge >= 0.3 is 0 Å². The molecule has 0 spiro atoms. The number of hydrogen-bond donors (Lipinski definition) is 1. The Balaban J connectivity index is 1.55. The van der Waals surface area contributed by atoms with Crippen LogP contribution in [0.15, 0.2) is 53.1 Å². The van der Waals surface area contributed by atoms with Gasteiger partial charge in [0.25, 0.3) is 0 Å². The smallest absolute Gasteiger partial charge is 0.220 e. The van der Waals surface area contributed by atoms with E-state index >= 15 is 0 Å². The van der Waals surface area contributed by atoms with E-state index in [2.05, 4.69) is 10.3 Å². The van der Waals surface area contributed by atoms with Gasteiger partial charge in [-0.2, -0.15) is 0 Å². The highest BCUT2D eigenvalue weighted by atomic mass is 16.5. The van der Waals surface area contributed by atoms with E-state index in [0.717, 1.165) is 11.1 Å². The van der Waals surface area contributed by atoms with E-state index in [1.165, 1.54) is 0 Å². The maximum Gasteiger partial charge on any atom is 0.220 e. The number of carbonyl (C=O) groups is 1. The summed E-state index contributed by atoms with van der Waals surface area (Å²) in [6, 6.07) is 13.3. The minimum atomic E-state index is -0.0989. The molecule has 0 aliphatic heterocycles. The van der Waals surface area contributed by atoms with Gasteiger partial charge in [0.15, 0.2) is 23.1 Å². The Hall–Kier alpha value is -3.48. The number of oxazole rings is 1. The first-order valence-electron chi connectivity index (χ1n) is 9.20. The van der Waals surface area contributed by atoms with Crippen LogP contribution in [0, 0.1) is 0 Å². The molecule has 0 aliphatic carbocycles. The summed E-state index contributed by atoms with van der Waals surface area (Å²) >= 11 is 0. The summed E-state index contributed by atoms with van der Waals surface area (Å²) in [6.07, 6.45) is 2.38. The van der Waals surface area contributed by atoms with E-state index in [0.29, 0.717) is 41.9 Å². The Labute approximate surface area is 169 Å². The quantitative estimate of drug-likeness (QED) is 0.595. The van der Waals surface area contributed by atoms with Crippen LogP contribution in [0.5, 0.6) is 17.2 Å². The molecule has 1 heterocycles. The van der Waals surface area contributed by atoms with E-state index in [1.807, 2.05) is 42.5 Å². The fraction of sp³-hybridized carbons (Fsp3) is 0.273. The predicted molar refractivity (Wildman–Crippen MR) is 108 cm³/mol. The molecule has 1 N–H and O–H groups in total. The van der Waals surface area contributed by atoms with E-state index in [9.17, 15) is 4.79 Å². The largest absolute Gasteiger partial charge is 0.493 e. The van der Waals surface area contributed by atoms with Crippen molar-refractivity contribution in [1.82, 2.24) is 10.3 Å². The summed E-state index contributed by atoms with van der Waals surface area (Å²) in [4.78, 5) is 16.5. The van der Waals surface area contributed by atoms with Gasteiger partial charge in [-0.15, -0.1) is 0 Å². The monoisotopic (exact) mass is 396 g/mol. The molecule has 7 nitrogen and oxygen atoms in total. The lowest BCUT2D eigenvalue weighted by Gasteiger charge is -2.14. The maximum atomic E-state index is 12.2. The SMILES string of the molecule is COc1cc(CNC(=O)CCc2ncc(-c3ccccc3)o2)cc(OC)c1OC. The zero-order valence-corrected chi connectivity index (χ0v) is 16.7. The van der Waals surface area contributed by atoms with Crippen molar-refractivity contribution in [3.05, 3.63) is 60.1 Å². The second-order valence-electron chi connectivity index (χ2n) is 6.29. The maximum absolute atomic E-state index is 12.2. The van der Waals surface area contributed by atoms with Crippen LogP contribution in [0.4, 0.5) is 0 Å². The molecule has 0 fully saturated rings. The average Bonchev–Trinajstić information content (AvgIpc) is 3.25. The third-order valence-electron chi connectivity index (χ3n) is 4.39. The third-order valence-corrected chi connectivity index (χ3v) is 4.39. The van der Waals surface area contributed by atoms with E-state index in [-0.39, 0.29) is 12.3 Å². The van der Waals surface area contributed by atoms with Gasteiger partial charge in [0.1, 0.15) is 0 Å². The number of benzene rings is 2. The molecule has 2 aromatic carbocycles. The van der Waals surface area contributed by atoms with Crippen LogP contribution in [0.1, 0.15) is 17.9 Å². The summed E-state index contributed by atoms with van der Waals surface area (Å²) in [5.41, 5.74) is 1.80. The highest BCUT2D eigenvalue weighted by Crippen LogP contribution is 2.38. The van der Waals surface area contributed by atoms with Gasteiger partial charge in [0.05, 0.1) is 27.5 Å². The van der Waals surface area contributed by atoms with Crippen LogP contribution in [0.2, 0.25) is 0 Å². The summed E-state index contributed by atoms with van der Waals surface area (Å²) in [5, 5.41) is 2.89. The number of ether oxygens (including phenoxy) is 3. The van der Waals surface area contributed by atoms with Gasteiger partial charge in [0.2, 0.25) is 11.7 Å². The molecule has 0 unspecified atom stereocenters. The van der Waals surface area contributed by atoms with Gasteiger partial charge in [-0.3, -0.25) is 4.79 Å². The van der Waals surface area contributed by atoms with Crippen LogP contribution in [0.3, 0.4) is 0 Å². The van der Waals surface area contributed by atoms with E-state index < -0.39 is 0 Å². The Morgan fingerprint density at radius 1 is 1.03 bits per heavy atom. The molecule has 0 radical (unpaired) electrons. The number of nitrogens with zero attached hydrogens (tertiary/aromatic N) is 1. The number of rotatable bonds is 9. The Morgan fingerprint density at radius 3 is 2.34 bits per heavy atom. The van der Waals surface area contributed by atoms with Gasteiger partial charge in [0, 0.05) is 24.9 Å². The lowest BCUT2D eigenvalue weighted by molar-refractivity contribution is -0.121. The summed E-state index contributed by atoms with van der Waals surface area (Å²) in [6.45, 7) is 0.344. The summed E-state index contributed by atoms with van der Waals surface area (Å²) in [7, 11) is 4.66. The van der Waals surface area contributed by atoms with Crippen molar-refractivity contribution in [2.45, 2.75) is 19.4 Å². The number of hydrogen-bond acceptors (Lipinski definition) is 6. The van der Waals surface area contributed by atoms with Crippen LogP contribution in [0.25, 0.3) is 11.3 Å². The molecule has 0 aliphatic rings. The molecule has 3 aromatic rings. The van der Waals surface area contributed by atoms with Gasteiger partial charge in [-0.05, 0) is 17.7 Å². The van der Waals surface area contributed by atoms with Crippen molar-refractivity contribution in [2.24, 2.45) is 0 Å². The molecule has 7 heteroatoms. The second-order valence-corrected chi connectivity index (χ2v) is 6.29. The van der Waals surface area contributed by atoms with Gasteiger partial charge < -0.3 is 23.9 Å². The van der Waals surface area contributed by atoms with Crippen LogP contribution >= 0.6 is 0 Å². The zero-order chi connectivity index (χ0) is 20.6. The van der Waals surface area contributed by atoms with Crippen molar-refractivity contribution in [2.75, 3.05) is 21.3 Å². The fourth-order valence-corrected chi connectivity index (χ4v) is 2.91. The second kappa shape index (κ2) is 9.64. The lowest BCUT2D eigenvalue weighted by atomic mass is 10.1. The van der Waals surface area contributed by atoms with E-state index in [4.69, 9.17) is 18.6 Å². The first-order chi connectivity index (χ1) is 14.1. The van der Waals surface area contributed by atoms with Crippen LogP contribution in [-0.2, 0) is 17.8 Å². The molecular weight excluding hydrogens is 372 g/mol. The number of nitrogens with one attached hydrogen (secondary N) is 1. The fourth-order valence-electron chi connectivity index (χ4n) is 2.91. The minimum absolute atomic E-state index is 0.0989. The van der Waals surface area contributed by atoms with Crippen molar-refractivity contribution >= 4 is 5.91 Å². The number of aromatic nitrogens is 1. The molecule has 0 saturated carbocycles. The molecule has 0 bridgehead atoms. The lowest BCUT2D eigenvalue weighted by Crippen LogP contribution is -2.23. The van der Waals surface area contributed by atoms with Crippen LogP contribution in [-0.4, -0.2) is 32.2 Å². The molecule has 152 valence electrons. The zero-order valence-electron chi connectivity index (χ0n) is 16.7. The Kier molecular flexibility index (Phi) is 6.73. The highest BCUT2D eigenvalue weighted by molar-refractivity contribution is 5.76. The Morgan fingerprint density at radius 2 is 1.72 bits per heavy atom. The van der Waals surface area contributed by atoms with Crippen LogP contribution < -0.4 is 19.5 Å². The normalized spacial score (nSPS) is 10.4. The minimum Gasteiger partial charge on any atom is -0.493 e. The van der Waals surface area contributed by atoms with Crippen molar-refractivity contribution in [1.29, 1.82) is 0 Å². The van der Waals surface area contributed by atoms with Crippen molar-refractivity contribution in [3.8, 4) is 28.6 Å². The highest BCUT2D eigenvalue weighted by Gasteiger charge is 2.14. The van der Waals surface area contributed by atoms with Crippen molar-refractivity contribution < 1.29 is 23.4 Å². The molecule has 1 amide bonds. The number of methoxy groups -OCH3 is 3. The topological polar surface area (TPSA) is 82.8 Å². The van der Waals surface area contributed by atoms with Crippen molar-refractivity contribution in [3.63, 3.8) is 0 Å². The first-order valence-corrected chi connectivity index (χ1v) is 9.20. The van der Waals surface area contributed by atoms with E-state index in [1.54, 1.807) is 27.5 Å². The van der Waals surface area contributed by atoms with Gasteiger partial charge in [-0.25, -0.2) is 4.98 Å². The standard InChI is InChI=1S/C22H24N2O5/c1-26-17-11-15(12-18(27-2)22(17)28-3)13-23-20(25)9-10-21-24-14-19(29-21)16-7-5-4-6-8-16/h4-8,11-12,14H,9-10,13H2,1-3H3,(H,23,25). The number of carbonyl (C=O) groups excluding carboxylic acids is 1. The predicted octanol–water partition coefficient (Wildman–Crippen LogP) is 3.62. The van der Waals surface area contributed by atoms with Gasteiger partial charge in [-0.1, -0.05) is 30.3 Å². The molecule has 1 aromatic heterocycles. The average molecular weight is 396 g/mol. The first kappa shape index (κ1) is 20.3. The summed E-state index contributed by atoms with van der Waals surface area (Å²) < 4.78 is 21.7. The number of aryl methyl sites for hydroxylation is 1. The third kappa shape index (κ3) is 5.07.